The molecule has 4 heteroatoms. The zero-order chi connectivity index (χ0) is 42.6. The second-order valence-electron chi connectivity index (χ2n) is 15.2. The van der Waals surface area contributed by atoms with Crippen molar-refractivity contribution in [2.75, 3.05) is 25.1 Å². The van der Waals surface area contributed by atoms with Gasteiger partial charge in [0.15, 0.2) is 0 Å². The molecule has 0 bridgehead atoms. The molecule has 0 radical (unpaired) electrons. The molecule has 0 saturated carbocycles. The first-order chi connectivity index (χ1) is 28.5. The van der Waals surface area contributed by atoms with E-state index in [-0.39, 0.29) is 32.0 Å². The third kappa shape index (κ3) is 15.6. The molecule has 7 aromatic rings. The van der Waals surface area contributed by atoms with Gasteiger partial charge in [0.05, 0.1) is 6.61 Å². The van der Waals surface area contributed by atoms with Gasteiger partial charge in [-0.15, -0.1) is 36.4 Å². The van der Waals surface area contributed by atoms with Gasteiger partial charge >= 0.3 is 26.2 Å². The zero-order valence-electron chi connectivity index (χ0n) is 36.4. The predicted molar refractivity (Wildman–Crippen MR) is 254 cm³/mol. The fourth-order valence-electron chi connectivity index (χ4n) is 6.61. The summed E-state index contributed by atoms with van der Waals surface area (Å²) in [6, 6.07) is 58.2. The van der Waals surface area contributed by atoms with Gasteiger partial charge in [0.1, 0.15) is 11.5 Å². The van der Waals surface area contributed by atoms with E-state index >= 15 is 0 Å². The van der Waals surface area contributed by atoms with Crippen LogP contribution in [0.5, 0.6) is 11.5 Å². The number of hydrogen-bond donors (Lipinski definition) is 1. The van der Waals surface area contributed by atoms with Crippen LogP contribution in [0.4, 0.5) is 5.69 Å². The fraction of sp³-hybridized carbons (Fsp3) is 0.196. The summed E-state index contributed by atoms with van der Waals surface area (Å²) in [5.41, 5.74) is 12.2. The van der Waals surface area contributed by atoms with Gasteiger partial charge in [0, 0.05) is 36.0 Å². The molecule has 0 aliphatic rings. The number of anilines is 1. The molecule has 0 spiro atoms. The first-order valence-corrected chi connectivity index (χ1v) is 20.5. The molecule has 0 fully saturated rings. The maximum atomic E-state index is 11.2. The molecule has 306 valence electrons. The van der Waals surface area contributed by atoms with Crippen molar-refractivity contribution in [2.45, 2.75) is 52.9 Å². The number of aromatic hydroxyl groups is 1. The summed E-state index contributed by atoms with van der Waals surface area (Å²) in [5.74, 6) is 1.99. The van der Waals surface area contributed by atoms with Crippen LogP contribution in [-0.2, 0) is 26.2 Å². The molecule has 7 rings (SSSR count). The van der Waals surface area contributed by atoms with Crippen LogP contribution < -0.4 is 9.64 Å². The molecule has 1 N–H and O–H groups in total. The molecule has 0 atom stereocenters. The van der Waals surface area contributed by atoms with Gasteiger partial charge in [-0.05, 0) is 47.9 Å². The predicted octanol–water partition coefficient (Wildman–Crippen LogP) is 14.8. The summed E-state index contributed by atoms with van der Waals surface area (Å²) < 4.78 is 6.32. The van der Waals surface area contributed by atoms with Crippen molar-refractivity contribution in [3.05, 3.63) is 230 Å². The van der Waals surface area contributed by atoms with E-state index in [4.69, 9.17) is 4.74 Å². The molecule has 60 heavy (non-hydrogen) atoms. The summed E-state index contributed by atoms with van der Waals surface area (Å²) in [4.78, 5) is 2.40. The molecule has 0 aliphatic heterocycles. The summed E-state index contributed by atoms with van der Waals surface area (Å²) in [6.45, 7) is 24.0. The number of benzene rings is 7. The fourth-order valence-corrected chi connectivity index (χ4v) is 6.61. The first-order valence-electron chi connectivity index (χ1n) is 20.5. The molecule has 0 aliphatic carbocycles. The summed E-state index contributed by atoms with van der Waals surface area (Å²) in [6.07, 6.45) is 0.893. The van der Waals surface area contributed by atoms with Crippen LogP contribution >= 0.6 is 0 Å². The van der Waals surface area contributed by atoms with Crippen LogP contribution in [0, 0.1) is 27.7 Å². The number of hydrogen-bond acceptors (Lipinski definition) is 3. The minimum atomic E-state index is 0. The number of para-hydroxylation sites is 2. The minimum Gasteiger partial charge on any atom is -0.507 e. The molecule has 0 heterocycles. The molecule has 0 saturated heterocycles. The first kappa shape index (κ1) is 48.8. The van der Waals surface area contributed by atoms with Gasteiger partial charge in [0.25, 0.3) is 0 Å². The Balaban J connectivity index is 0.000000350. The summed E-state index contributed by atoms with van der Waals surface area (Å²) in [7, 11) is 2.20. The maximum absolute atomic E-state index is 11.2. The second kappa shape index (κ2) is 25.8. The largest absolute Gasteiger partial charge is 4.00 e. The average Bonchev–Trinajstić information content (AvgIpc) is 3.24. The van der Waals surface area contributed by atoms with Crippen LogP contribution in [0.3, 0.4) is 0 Å². The van der Waals surface area contributed by atoms with Crippen LogP contribution in [0.1, 0.15) is 79.3 Å². The monoisotopic (exact) mass is 870 g/mol. The molecule has 0 aromatic heterocycles. The van der Waals surface area contributed by atoms with Gasteiger partial charge in [-0.2, -0.15) is 73.9 Å². The quantitative estimate of drug-likeness (QED) is 0.110. The van der Waals surface area contributed by atoms with Crippen molar-refractivity contribution < 1.29 is 36.0 Å². The average molecular weight is 872 g/mol. The normalized spacial score (nSPS) is 10.1. The van der Waals surface area contributed by atoms with Crippen molar-refractivity contribution >= 4 is 5.69 Å². The van der Waals surface area contributed by atoms with E-state index in [1.54, 1.807) is 0 Å². The van der Waals surface area contributed by atoms with Crippen LogP contribution in [-0.4, -0.2) is 25.3 Å². The second-order valence-corrected chi connectivity index (χ2v) is 15.2. The summed E-state index contributed by atoms with van der Waals surface area (Å²) >= 11 is 0. The molecule has 0 amide bonds. The number of nitrogens with zero attached hydrogens (tertiary/aromatic N) is 1. The van der Waals surface area contributed by atoms with Gasteiger partial charge in [-0.25, -0.2) is 0 Å². The Bertz CT molecular complexity index is 2120. The Morgan fingerprint density at radius 1 is 0.533 bits per heavy atom. The molecule has 0 unspecified atom stereocenters. The zero-order valence-corrected chi connectivity index (χ0v) is 38.9. The molecular formula is C56H62NO2Zr+. The van der Waals surface area contributed by atoms with E-state index in [0.717, 1.165) is 57.7 Å². The third-order valence-electron chi connectivity index (χ3n) is 9.66. The van der Waals surface area contributed by atoms with Crippen LogP contribution in [0.2, 0.25) is 0 Å². The van der Waals surface area contributed by atoms with E-state index in [2.05, 4.69) is 79.5 Å². The SMILES string of the molecule is Cc1cc(C(C)C)c(N(C)CCCOc2ccccc2-c2cccc(-c3ccccc3)c2O)c(C(C)C)c1.[CH2-]c1ccccc1.[CH2-]c1ccccc1.[CH2-]c1ccccc1.[Zr+4]. The Hall–Kier alpha value is -5.57. The Morgan fingerprint density at radius 2 is 0.933 bits per heavy atom. The van der Waals surface area contributed by atoms with E-state index in [0.29, 0.717) is 18.4 Å². The molecule has 3 nitrogen and oxygen atoms in total. The van der Waals surface area contributed by atoms with Crippen molar-refractivity contribution in [1.29, 1.82) is 0 Å². The number of phenols is 1. The van der Waals surface area contributed by atoms with E-state index in [1.807, 2.05) is 164 Å². The van der Waals surface area contributed by atoms with Gasteiger partial charge in [0.2, 0.25) is 0 Å². The number of aryl methyl sites for hydroxylation is 1. The van der Waals surface area contributed by atoms with Gasteiger partial charge in [-0.1, -0.05) is 130 Å². The standard InChI is InChI=1S/C35H41NO2.3C7H7.Zr/c1-24(2)31-22-26(5)23-32(25(3)4)34(31)36(6)20-13-21-38-33-19-11-10-16-29(33)30-18-12-17-28(35(30)37)27-14-8-7-9-15-27;3*1-7-5-3-2-4-6-7;/h7-12,14-19,22-25,37H,13,20-21H2,1-6H3;3*2-6H,1H2;/q;3*-1;+4. The van der Waals surface area contributed by atoms with Crippen molar-refractivity contribution in [3.8, 4) is 33.8 Å². The van der Waals surface area contributed by atoms with Crippen LogP contribution in [0.25, 0.3) is 22.3 Å². The molecule has 7 aromatic carbocycles. The number of phenolic OH excluding ortho intramolecular Hbond substituents is 1. The Morgan fingerprint density at radius 3 is 1.37 bits per heavy atom. The van der Waals surface area contributed by atoms with Gasteiger partial charge < -0.3 is 14.7 Å². The maximum Gasteiger partial charge on any atom is 4.00 e. The summed E-state index contributed by atoms with van der Waals surface area (Å²) in [5, 5.41) is 11.2. The van der Waals surface area contributed by atoms with Crippen molar-refractivity contribution in [3.63, 3.8) is 0 Å². The van der Waals surface area contributed by atoms with E-state index < -0.39 is 0 Å². The number of rotatable bonds is 10. The van der Waals surface area contributed by atoms with E-state index in [1.165, 1.54) is 22.4 Å². The third-order valence-corrected chi connectivity index (χ3v) is 9.66. The van der Waals surface area contributed by atoms with Crippen molar-refractivity contribution in [2.24, 2.45) is 0 Å². The number of ether oxygens (including phenoxy) is 1. The molecular weight excluding hydrogens is 810 g/mol. The Kier molecular flexibility index (Phi) is 21.0. The topological polar surface area (TPSA) is 32.7 Å². The van der Waals surface area contributed by atoms with E-state index in [9.17, 15) is 5.11 Å². The van der Waals surface area contributed by atoms with Crippen molar-refractivity contribution in [1.82, 2.24) is 0 Å². The van der Waals surface area contributed by atoms with Crippen LogP contribution in [0.15, 0.2) is 176 Å². The smallest absolute Gasteiger partial charge is 0.507 e. The van der Waals surface area contributed by atoms with Gasteiger partial charge in [-0.3, -0.25) is 0 Å². The minimum absolute atomic E-state index is 0. The Labute approximate surface area is 381 Å².